The number of nitrogens with two attached hydrogens (primary N) is 2. The second-order valence-electron chi connectivity index (χ2n) is 6.44. The molecule has 0 radical (unpaired) electrons. The van der Waals surface area contributed by atoms with Crippen LogP contribution in [0.1, 0.15) is 31.2 Å². The third-order valence-corrected chi connectivity index (χ3v) is 4.61. The van der Waals surface area contributed by atoms with Gasteiger partial charge in [-0.1, -0.05) is 12.1 Å². The number of fused-ring (bicyclic) bond motifs is 1. The molecule has 1 atom stereocenters. The minimum absolute atomic E-state index is 0.318. The first kappa shape index (κ1) is 14.4. The van der Waals surface area contributed by atoms with Crippen molar-refractivity contribution in [2.24, 2.45) is 22.4 Å². The molecule has 5 heteroatoms. The molecule has 0 bridgehead atoms. The Labute approximate surface area is 126 Å². The van der Waals surface area contributed by atoms with Gasteiger partial charge in [0.2, 0.25) is 0 Å². The van der Waals surface area contributed by atoms with Gasteiger partial charge < -0.3 is 16.0 Å². The molecule has 0 saturated heterocycles. The van der Waals surface area contributed by atoms with Crippen LogP contribution in [0.3, 0.4) is 0 Å². The van der Waals surface area contributed by atoms with E-state index < -0.39 is 5.79 Å². The summed E-state index contributed by atoms with van der Waals surface area (Å²) in [4.78, 5) is 6.91. The number of anilines is 1. The average molecular weight is 287 g/mol. The van der Waals surface area contributed by atoms with Crippen LogP contribution in [0.15, 0.2) is 29.3 Å². The molecule has 3 rings (SSSR count). The van der Waals surface area contributed by atoms with Crippen LogP contribution in [0.25, 0.3) is 0 Å². The standard InChI is InChI=1S/C16H25N5/c1-21(2)15-13-5-3-4-6-14(13)19-16(18,20-15)11-7-9-12(17)10-8-11/h3-6,11-12,19H,7-10,17-18H2,1-2H3. The van der Waals surface area contributed by atoms with Gasteiger partial charge in [0, 0.05) is 37.3 Å². The Bertz CT molecular complexity index is 545. The van der Waals surface area contributed by atoms with Crippen molar-refractivity contribution in [3.05, 3.63) is 29.8 Å². The Morgan fingerprint density at radius 2 is 1.86 bits per heavy atom. The van der Waals surface area contributed by atoms with Crippen molar-refractivity contribution in [2.45, 2.75) is 37.5 Å². The molecule has 5 nitrogen and oxygen atoms in total. The van der Waals surface area contributed by atoms with Crippen LogP contribution < -0.4 is 16.8 Å². The van der Waals surface area contributed by atoms with Crippen LogP contribution in [0.4, 0.5) is 5.69 Å². The molecule has 0 spiro atoms. The summed E-state index contributed by atoms with van der Waals surface area (Å²) >= 11 is 0. The molecule has 1 aliphatic carbocycles. The lowest BCUT2D eigenvalue weighted by atomic mass is 9.81. The molecule has 0 amide bonds. The first-order valence-electron chi connectivity index (χ1n) is 7.69. The van der Waals surface area contributed by atoms with Crippen LogP contribution in [0.2, 0.25) is 0 Å². The van der Waals surface area contributed by atoms with E-state index in [1.54, 1.807) is 0 Å². The van der Waals surface area contributed by atoms with E-state index >= 15 is 0 Å². The van der Waals surface area contributed by atoms with Crippen LogP contribution in [0, 0.1) is 5.92 Å². The van der Waals surface area contributed by atoms with E-state index in [1.165, 1.54) is 0 Å². The number of nitrogens with zero attached hydrogens (tertiary/aromatic N) is 2. The van der Waals surface area contributed by atoms with E-state index in [2.05, 4.69) is 17.4 Å². The molecular formula is C16H25N5. The average Bonchev–Trinajstić information content (AvgIpc) is 2.46. The van der Waals surface area contributed by atoms with Gasteiger partial charge in [-0.25, -0.2) is 4.99 Å². The number of rotatable bonds is 1. The van der Waals surface area contributed by atoms with Crippen molar-refractivity contribution in [1.29, 1.82) is 0 Å². The molecule has 1 aliphatic heterocycles. The van der Waals surface area contributed by atoms with Crippen LogP contribution >= 0.6 is 0 Å². The molecule has 114 valence electrons. The van der Waals surface area contributed by atoms with Crippen molar-refractivity contribution in [3.63, 3.8) is 0 Å². The highest BCUT2D eigenvalue weighted by molar-refractivity contribution is 6.05. The number of hydrogen-bond acceptors (Lipinski definition) is 5. The van der Waals surface area contributed by atoms with Gasteiger partial charge >= 0.3 is 0 Å². The number of para-hydroxylation sites is 1. The molecule has 1 unspecified atom stereocenters. The molecule has 1 saturated carbocycles. The molecule has 1 heterocycles. The van der Waals surface area contributed by atoms with Gasteiger partial charge in [-0.15, -0.1) is 0 Å². The second kappa shape index (κ2) is 5.31. The third-order valence-electron chi connectivity index (χ3n) is 4.61. The fourth-order valence-electron chi connectivity index (χ4n) is 3.36. The minimum atomic E-state index is -0.728. The molecule has 5 N–H and O–H groups in total. The fraction of sp³-hybridized carbons (Fsp3) is 0.562. The summed E-state index contributed by atoms with van der Waals surface area (Å²) in [5.74, 6) is 0.538. The topological polar surface area (TPSA) is 79.7 Å². The lowest BCUT2D eigenvalue weighted by Gasteiger charge is -2.42. The van der Waals surface area contributed by atoms with Crippen LogP contribution in [0.5, 0.6) is 0 Å². The summed E-state index contributed by atoms with van der Waals surface area (Å²) in [6.45, 7) is 0. The van der Waals surface area contributed by atoms with E-state index in [9.17, 15) is 0 Å². The third kappa shape index (κ3) is 2.63. The predicted molar refractivity (Wildman–Crippen MR) is 87.1 cm³/mol. The smallest absolute Gasteiger partial charge is 0.187 e. The van der Waals surface area contributed by atoms with Crippen molar-refractivity contribution in [1.82, 2.24) is 4.90 Å². The highest BCUT2D eigenvalue weighted by Gasteiger charge is 2.40. The maximum Gasteiger partial charge on any atom is 0.187 e. The first-order valence-corrected chi connectivity index (χ1v) is 7.69. The SMILES string of the molecule is CN(C)C1=NC(N)(C2CCC(N)CC2)Nc2ccccc21. The van der Waals surface area contributed by atoms with E-state index in [0.717, 1.165) is 42.8 Å². The molecule has 21 heavy (non-hydrogen) atoms. The number of amidine groups is 1. The zero-order valence-corrected chi connectivity index (χ0v) is 12.8. The summed E-state index contributed by atoms with van der Waals surface area (Å²) in [7, 11) is 4.02. The normalized spacial score (nSPS) is 31.9. The predicted octanol–water partition coefficient (Wildman–Crippen LogP) is 1.55. The maximum atomic E-state index is 6.66. The Morgan fingerprint density at radius 3 is 2.52 bits per heavy atom. The van der Waals surface area contributed by atoms with Gasteiger partial charge in [0.15, 0.2) is 5.79 Å². The number of benzene rings is 1. The van der Waals surface area contributed by atoms with Crippen LogP contribution in [-0.2, 0) is 0 Å². The Morgan fingerprint density at radius 1 is 1.19 bits per heavy atom. The second-order valence-corrected chi connectivity index (χ2v) is 6.44. The number of aliphatic imine (C=N–C) groups is 1. The number of nitrogens with one attached hydrogen (secondary N) is 1. The van der Waals surface area contributed by atoms with Gasteiger partial charge in [-0.2, -0.15) is 0 Å². The van der Waals surface area contributed by atoms with Crippen molar-refractivity contribution in [2.75, 3.05) is 19.4 Å². The Kier molecular flexibility index (Phi) is 3.63. The van der Waals surface area contributed by atoms with Gasteiger partial charge in [-0.05, 0) is 37.8 Å². The number of hydrogen-bond donors (Lipinski definition) is 3. The monoisotopic (exact) mass is 287 g/mol. The Hall–Kier alpha value is -1.59. The maximum absolute atomic E-state index is 6.66. The zero-order chi connectivity index (χ0) is 15.0. The van der Waals surface area contributed by atoms with Gasteiger partial charge in [0.1, 0.15) is 5.84 Å². The van der Waals surface area contributed by atoms with Crippen LogP contribution in [-0.4, -0.2) is 36.7 Å². The van der Waals surface area contributed by atoms with E-state index in [1.807, 2.05) is 31.1 Å². The van der Waals surface area contributed by atoms with E-state index in [0.29, 0.717) is 12.0 Å². The quantitative estimate of drug-likeness (QED) is 0.732. The molecular weight excluding hydrogens is 262 g/mol. The summed E-state index contributed by atoms with van der Waals surface area (Å²) in [6, 6.07) is 8.53. The lowest BCUT2D eigenvalue weighted by Crippen LogP contribution is -2.57. The minimum Gasteiger partial charge on any atom is -0.362 e. The summed E-state index contributed by atoms with van der Waals surface area (Å²) in [5.41, 5.74) is 14.8. The molecule has 1 fully saturated rings. The van der Waals surface area contributed by atoms with Crippen molar-refractivity contribution in [3.8, 4) is 0 Å². The molecule has 1 aromatic rings. The molecule has 0 aromatic heterocycles. The molecule has 2 aliphatic rings. The zero-order valence-electron chi connectivity index (χ0n) is 12.8. The summed E-state index contributed by atoms with van der Waals surface area (Å²) in [6.07, 6.45) is 4.10. The summed E-state index contributed by atoms with van der Waals surface area (Å²) in [5, 5.41) is 3.47. The highest BCUT2D eigenvalue weighted by Crippen LogP contribution is 2.36. The largest absolute Gasteiger partial charge is 0.362 e. The van der Waals surface area contributed by atoms with Gasteiger partial charge in [0.25, 0.3) is 0 Å². The van der Waals surface area contributed by atoms with Crippen molar-refractivity contribution >= 4 is 11.5 Å². The summed E-state index contributed by atoms with van der Waals surface area (Å²) < 4.78 is 0. The highest BCUT2D eigenvalue weighted by atomic mass is 15.3. The van der Waals surface area contributed by atoms with E-state index in [4.69, 9.17) is 16.5 Å². The van der Waals surface area contributed by atoms with E-state index in [-0.39, 0.29) is 0 Å². The first-order chi connectivity index (χ1) is 9.99. The lowest BCUT2D eigenvalue weighted by molar-refractivity contribution is 0.221. The molecule has 1 aromatic carbocycles. The Balaban J connectivity index is 1.96. The van der Waals surface area contributed by atoms with Gasteiger partial charge in [0.05, 0.1) is 0 Å². The fourth-order valence-corrected chi connectivity index (χ4v) is 3.36. The van der Waals surface area contributed by atoms with Crippen molar-refractivity contribution < 1.29 is 0 Å². The van der Waals surface area contributed by atoms with Gasteiger partial charge in [-0.3, -0.25) is 5.73 Å².